The van der Waals surface area contributed by atoms with Crippen molar-refractivity contribution in [2.45, 2.75) is 21.8 Å². The summed E-state index contributed by atoms with van der Waals surface area (Å²) in [7, 11) is 1.55. The van der Waals surface area contributed by atoms with Gasteiger partial charge >= 0.3 is 12.4 Å². The fourth-order valence-electron chi connectivity index (χ4n) is 1.93. The fraction of sp³-hybridized carbons (Fsp3) is 0.231. The summed E-state index contributed by atoms with van der Waals surface area (Å²) in [5, 5.41) is 12.9. The van der Waals surface area contributed by atoms with E-state index in [1.54, 1.807) is 7.05 Å². The molecule has 26 heavy (non-hydrogen) atoms. The molecule has 13 heteroatoms. The number of aryl methyl sites for hydroxylation is 1. The molecule has 0 radical (unpaired) electrons. The van der Waals surface area contributed by atoms with E-state index in [-0.39, 0.29) is 22.5 Å². The fourth-order valence-corrected chi connectivity index (χ4v) is 3.57. The van der Waals surface area contributed by atoms with E-state index in [0.29, 0.717) is 16.5 Å². The van der Waals surface area contributed by atoms with E-state index >= 15 is 0 Å². The Morgan fingerprint density at radius 3 is 2.12 bits per heavy atom. The molecule has 5 nitrogen and oxygen atoms in total. The first-order valence-corrected chi connectivity index (χ1v) is 8.39. The van der Waals surface area contributed by atoms with Gasteiger partial charge in [0.1, 0.15) is 0 Å². The second-order valence-corrected chi connectivity index (χ2v) is 7.03. The van der Waals surface area contributed by atoms with Crippen molar-refractivity contribution in [3.8, 4) is 11.3 Å². The zero-order valence-electron chi connectivity index (χ0n) is 12.6. The summed E-state index contributed by atoms with van der Waals surface area (Å²) in [6.07, 6.45) is -9.82. The van der Waals surface area contributed by atoms with Gasteiger partial charge in [-0.05, 0) is 35.2 Å². The molecule has 3 aromatic rings. The lowest BCUT2D eigenvalue weighted by Gasteiger charge is -2.13. The maximum absolute atomic E-state index is 12.9. The van der Waals surface area contributed by atoms with Gasteiger partial charge in [-0.3, -0.25) is 0 Å². The lowest BCUT2D eigenvalue weighted by Crippen LogP contribution is -2.11. The third-order valence-corrected chi connectivity index (χ3v) is 4.82. The van der Waals surface area contributed by atoms with Crippen LogP contribution in [0.15, 0.2) is 33.1 Å². The maximum Gasteiger partial charge on any atom is 0.416 e. The Morgan fingerprint density at radius 1 is 1.00 bits per heavy atom. The monoisotopic (exact) mass is 411 g/mol. The summed E-state index contributed by atoms with van der Waals surface area (Å²) in [6, 6.07) is 1.35. The molecule has 0 saturated heterocycles. The van der Waals surface area contributed by atoms with Crippen LogP contribution < -0.4 is 0 Å². The van der Waals surface area contributed by atoms with Crippen LogP contribution in [0.3, 0.4) is 0 Å². The first-order valence-electron chi connectivity index (χ1n) is 6.69. The minimum Gasteiger partial charge on any atom is -0.229 e. The van der Waals surface area contributed by atoms with Gasteiger partial charge in [0, 0.05) is 10.9 Å². The SMILES string of the molecule is Cn1nnc(Sc2nc(-c3cc(C(F)(F)F)cc(C(F)(F)F)c3)cs2)n1. The van der Waals surface area contributed by atoms with Crippen molar-refractivity contribution in [2.75, 3.05) is 0 Å². The molecular weight excluding hydrogens is 404 g/mol. The number of nitrogens with zero attached hydrogens (tertiary/aromatic N) is 5. The molecule has 138 valence electrons. The Morgan fingerprint density at radius 2 is 1.62 bits per heavy atom. The molecule has 0 fully saturated rings. The average molecular weight is 411 g/mol. The Bertz CT molecular complexity index is 897. The smallest absolute Gasteiger partial charge is 0.229 e. The molecule has 0 bridgehead atoms. The number of alkyl halides is 6. The topological polar surface area (TPSA) is 56.5 Å². The van der Waals surface area contributed by atoms with Gasteiger partial charge < -0.3 is 0 Å². The van der Waals surface area contributed by atoms with Gasteiger partial charge in [0.05, 0.1) is 23.9 Å². The molecule has 0 aliphatic heterocycles. The molecule has 1 aromatic carbocycles. The number of tetrazole rings is 1. The minimum atomic E-state index is -4.91. The highest BCUT2D eigenvalue weighted by Gasteiger charge is 2.37. The van der Waals surface area contributed by atoms with Crippen LogP contribution in [0.25, 0.3) is 11.3 Å². The molecule has 0 spiro atoms. The van der Waals surface area contributed by atoms with Crippen LogP contribution >= 0.6 is 23.1 Å². The predicted molar refractivity (Wildman–Crippen MR) is 80.5 cm³/mol. The van der Waals surface area contributed by atoms with Gasteiger partial charge in [-0.1, -0.05) is 0 Å². The predicted octanol–water partition coefficient (Wildman–Crippen LogP) is 4.52. The second-order valence-electron chi connectivity index (χ2n) is 4.96. The van der Waals surface area contributed by atoms with E-state index in [9.17, 15) is 26.3 Å². The highest BCUT2D eigenvalue weighted by molar-refractivity contribution is 8.00. The summed E-state index contributed by atoms with van der Waals surface area (Å²) in [5.74, 6) is 0. The van der Waals surface area contributed by atoms with E-state index < -0.39 is 23.5 Å². The van der Waals surface area contributed by atoms with Crippen molar-refractivity contribution >= 4 is 23.1 Å². The van der Waals surface area contributed by atoms with Crippen LogP contribution in [0.4, 0.5) is 26.3 Å². The molecule has 3 rings (SSSR count). The zero-order chi connectivity index (χ0) is 19.1. The second kappa shape index (κ2) is 6.54. The Kier molecular flexibility index (Phi) is 4.69. The molecule has 0 atom stereocenters. The van der Waals surface area contributed by atoms with Crippen LogP contribution in [0.2, 0.25) is 0 Å². The normalized spacial score (nSPS) is 12.6. The van der Waals surface area contributed by atoms with E-state index in [4.69, 9.17) is 0 Å². The lowest BCUT2D eigenvalue weighted by molar-refractivity contribution is -0.143. The van der Waals surface area contributed by atoms with Gasteiger partial charge in [0.2, 0.25) is 5.16 Å². The molecule has 2 aromatic heterocycles. The van der Waals surface area contributed by atoms with Crippen molar-refractivity contribution in [2.24, 2.45) is 7.05 Å². The van der Waals surface area contributed by atoms with E-state index in [1.165, 1.54) is 10.2 Å². The van der Waals surface area contributed by atoms with Gasteiger partial charge in [-0.15, -0.1) is 21.5 Å². The number of halogens is 6. The third-order valence-electron chi connectivity index (χ3n) is 3.04. The number of rotatable bonds is 3. The minimum absolute atomic E-state index is 0.00186. The first-order chi connectivity index (χ1) is 12.0. The van der Waals surface area contributed by atoms with Crippen LogP contribution in [-0.2, 0) is 19.4 Å². The highest BCUT2D eigenvalue weighted by Crippen LogP contribution is 2.39. The lowest BCUT2D eigenvalue weighted by atomic mass is 10.0. The quantitative estimate of drug-likeness (QED) is 0.593. The average Bonchev–Trinajstić information content (AvgIpc) is 3.15. The van der Waals surface area contributed by atoms with Crippen molar-refractivity contribution < 1.29 is 26.3 Å². The van der Waals surface area contributed by atoms with Crippen LogP contribution in [0, 0.1) is 0 Å². The molecule has 0 unspecified atom stereocenters. The van der Waals surface area contributed by atoms with E-state index in [2.05, 4.69) is 20.4 Å². The number of hydrogen-bond donors (Lipinski definition) is 0. The number of aromatic nitrogens is 5. The largest absolute Gasteiger partial charge is 0.416 e. The standard InChI is InChI=1S/C13H7F6N5S2/c1-24-22-10(21-23-24)26-11-20-9(5-25-11)6-2-7(12(14,15)16)4-8(3-6)13(17,18)19/h2-5H,1H3. The molecule has 0 amide bonds. The van der Waals surface area contributed by atoms with Crippen LogP contribution in [0.1, 0.15) is 11.1 Å². The highest BCUT2D eigenvalue weighted by atomic mass is 32.2. The Balaban J connectivity index is 1.98. The molecule has 0 aliphatic rings. The van der Waals surface area contributed by atoms with Gasteiger partial charge in [0.25, 0.3) is 0 Å². The molecular formula is C13H7F6N5S2. The van der Waals surface area contributed by atoms with Crippen molar-refractivity contribution in [3.05, 3.63) is 34.7 Å². The number of thiazole rings is 1. The number of hydrogen-bond acceptors (Lipinski definition) is 6. The molecule has 0 N–H and O–H groups in total. The molecule has 2 heterocycles. The molecule has 0 saturated carbocycles. The van der Waals surface area contributed by atoms with E-state index in [1.807, 2.05) is 0 Å². The van der Waals surface area contributed by atoms with Gasteiger partial charge in [-0.2, -0.15) is 31.1 Å². The summed E-state index contributed by atoms with van der Waals surface area (Å²) < 4.78 is 78.0. The van der Waals surface area contributed by atoms with Crippen LogP contribution in [-0.4, -0.2) is 25.2 Å². The summed E-state index contributed by atoms with van der Waals surface area (Å²) in [4.78, 5) is 5.27. The molecule has 0 aliphatic carbocycles. The Labute approximate surface area is 150 Å². The summed E-state index contributed by atoms with van der Waals surface area (Å²) >= 11 is 2.05. The Hall–Kier alpha value is -2.15. The summed E-state index contributed by atoms with van der Waals surface area (Å²) in [6.45, 7) is 0. The van der Waals surface area contributed by atoms with Crippen LogP contribution in [0.5, 0.6) is 0 Å². The van der Waals surface area contributed by atoms with E-state index in [0.717, 1.165) is 23.1 Å². The third kappa shape index (κ3) is 4.15. The van der Waals surface area contributed by atoms with Crippen molar-refractivity contribution in [3.63, 3.8) is 0 Å². The first kappa shape index (κ1) is 18.6. The summed E-state index contributed by atoms with van der Waals surface area (Å²) in [5.41, 5.74) is -3.06. The maximum atomic E-state index is 12.9. The number of benzene rings is 1. The van der Waals surface area contributed by atoms with Gasteiger partial charge in [0.15, 0.2) is 4.34 Å². The van der Waals surface area contributed by atoms with Gasteiger partial charge in [-0.25, -0.2) is 4.98 Å². The zero-order valence-corrected chi connectivity index (χ0v) is 14.3. The van der Waals surface area contributed by atoms with Crippen molar-refractivity contribution in [1.82, 2.24) is 25.2 Å². The van der Waals surface area contributed by atoms with Crippen molar-refractivity contribution in [1.29, 1.82) is 0 Å².